The molecule has 2 N–H and O–H groups in total. The van der Waals surface area contributed by atoms with Gasteiger partial charge in [-0.1, -0.05) is 30.3 Å². The standard InChI is InChI=1S/C25H24N4O4S/c1-2-28-19-14-29(24(31)20(19)21(27-25(28)32)17-10-12-34-15-17)22(16-7-4-3-5-8-16)23(30)26-13-18-9-6-11-33-18/h3-12,15,21-22H,2,13-14H2,1H3,(H,26,30)(H,27,32). The molecule has 2 unspecified atom stereocenters. The van der Waals surface area contributed by atoms with Crippen LogP contribution in [0.2, 0.25) is 0 Å². The van der Waals surface area contributed by atoms with Crippen LogP contribution in [-0.2, 0) is 16.1 Å². The molecule has 9 heteroatoms. The molecule has 0 aliphatic carbocycles. The highest BCUT2D eigenvalue weighted by molar-refractivity contribution is 7.08. The van der Waals surface area contributed by atoms with Crippen molar-refractivity contribution in [3.05, 3.63) is 93.7 Å². The monoisotopic (exact) mass is 476 g/mol. The molecule has 2 aromatic heterocycles. The van der Waals surface area contributed by atoms with Crippen molar-refractivity contribution >= 4 is 29.2 Å². The summed E-state index contributed by atoms with van der Waals surface area (Å²) < 4.78 is 5.33. The van der Waals surface area contributed by atoms with Crippen molar-refractivity contribution < 1.29 is 18.8 Å². The molecule has 0 spiro atoms. The van der Waals surface area contributed by atoms with Crippen molar-refractivity contribution in [2.75, 3.05) is 13.1 Å². The van der Waals surface area contributed by atoms with Crippen molar-refractivity contribution in [3.63, 3.8) is 0 Å². The number of furan rings is 1. The first kappa shape index (κ1) is 22.0. The van der Waals surface area contributed by atoms with Gasteiger partial charge in [-0.2, -0.15) is 11.3 Å². The van der Waals surface area contributed by atoms with Crippen LogP contribution in [-0.4, -0.2) is 40.7 Å². The summed E-state index contributed by atoms with van der Waals surface area (Å²) in [6, 6.07) is 13.0. The number of thiophene rings is 1. The molecule has 8 nitrogen and oxygen atoms in total. The summed E-state index contributed by atoms with van der Waals surface area (Å²) in [6.45, 7) is 2.67. The highest BCUT2D eigenvalue weighted by Gasteiger charge is 2.47. The second-order valence-corrected chi connectivity index (χ2v) is 8.87. The third-order valence-corrected chi connectivity index (χ3v) is 6.84. The van der Waals surface area contributed by atoms with Gasteiger partial charge in [-0.15, -0.1) is 0 Å². The van der Waals surface area contributed by atoms with E-state index in [-0.39, 0.29) is 30.9 Å². The molecular formula is C25H24N4O4S. The lowest BCUT2D eigenvalue weighted by Gasteiger charge is -2.32. The van der Waals surface area contributed by atoms with Gasteiger partial charge in [-0.25, -0.2) is 4.79 Å². The van der Waals surface area contributed by atoms with E-state index in [1.54, 1.807) is 28.2 Å². The molecule has 174 valence electrons. The Morgan fingerprint density at radius 1 is 1.21 bits per heavy atom. The van der Waals surface area contributed by atoms with Crippen LogP contribution in [0.25, 0.3) is 0 Å². The van der Waals surface area contributed by atoms with E-state index in [1.807, 2.05) is 54.1 Å². The molecular weight excluding hydrogens is 452 g/mol. The third kappa shape index (κ3) is 3.88. The lowest BCUT2D eigenvalue weighted by atomic mass is 9.97. The zero-order valence-corrected chi connectivity index (χ0v) is 19.4. The fourth-order valence-electron chi connectivity index (χ4n) is 4.54. The average molecular weight is 477 g/mol. The first-order valence-electron chi connectivity index (χ1n) is 11.1. The molecule has 2 aliphatic rings. The van der Waals surface area contributed by atoms with Gasteiger partial charge in [0, 0.05) is 6.54 Å². The number of likely N-dealkylation sites (N-methyl/N-ethyl adjacent to an activating group) is 1. The predicted molar refractivity (Wildman–Crippen MR) is 126 cm³/mol. The number of nitrogens with one attached hydrogen (secondary N) is 2. The normalized spacial score (nSPS) is 18.7. The van der Waals surface area contributed by atoms with Crippen molar-refractivity contribution in [3.8, 4) is 0 Å². The minimum Gasteiger partial charge on any atom is -0.467 e. The van der Waals surface area contributed by atoms with Crippen LogP contribution < -0.4 is 10.6 Å². The number of carbonyl (C=O) groups excluding carboxylic acids is 3. The molecule has 4 heterocycles. The molecule has 0 saturated carbocycles. The van der Waals surface area contributed by atoms with E-state index in [1.165, 1.54) is 11.3 Å². The third-order valence-electron chi connectivity index (χ3n) is 6.13. The molecule has 0 fully saturated rings. The summed E-state index contributed by atoms with van der Waals surface area (Å²) in [5.74, 6) is 0.0478. The number of hydrogen-bond donors (Lipinski definition) is 2. The van der Waals surface area contributed by atoms with Gasteiger partial charge in [0.25, 0.3) is 5.91 Å². The first-order chi connectivity index (χ1) is 16.6. The molecule has 5 rings (SSSR count). The number of hydrogen-bond acceptors (Lipinski definition) is 5. The van der Waals surface area contributed by atoms with Crippen LogP contribution in [0, 0.1) is 0 Å². The summed E-state index contributed by atoms with van der Waals surface area (Å²) in [4.78, 5) is 43.3. The summed E-state index contributed by atoms with van der Waals surface area (Å²) in [7, 11) is 0. The number of amides is 4. The van der Waals surface area contributed by atoms with E-state index >= 15 is 0 Å². The maximum atomic E-state index is 13.9. The highest BCUT2D eigenvalue weighted by Crippen LogP contribution is 2.40. The van der Waals surface area contributed by atoms with Gasteiger partial charge in [-0.05, 0) is 47.0 Å². The number of nitrogens with zero attached hydrogens (tertiary/aromatic N) is 2. The molecule has 2 aliphatic heterocycles. The molecule has 2 atom stereocenters. The quantitative estimate of drug-likeness (QED) is 0.545. The van der Waals surface area contributed by atoms with E-state index in [0.717, 1.165) is 5.56 Å². The molecule has 0 radical (unpaired) electrons. The van der Waals surface area contributed by atoms with Crippen LogP contribution in [0.5, 0.6) is 0 Å². The Kier molecular flexibility index (Phi) is 5.93. The summed E-state index contributed by atoms with van der Waals surface area (Å²) in [5.41, 5.74) is 2.71. The summed E-state index contributed by atoms with van der Waals surface area (Å²) in [5, 5.41) is 9.71. The van der Waals surface area contributed by atoms with E-state index in [0.29, 0.717) is 29.1 Å². The van der Waals surface area contributed by atoms with Gasteiger partial charge in [0.2, 0.25) is 5.91 Å². The summed E-state index contributed by atoms with van der Waals surface area (Å²) >= 11 is 1.51. The maximum Gasteiger partial charge on any atom is 0.322 e. The minimum atomic E-state index is -0.855. The Morgan fingerprint density at radius 2 is 2.03 bits per heavy atom. The number of carbonyl (C=O) groups is 3. The molecule has 34 heavy (non-hydrogen) atoms. The van der Waals surface area contributed by atoms with E-state index in [9.17, 15) is 14.4 Å². The van der Waals surface area contributed by atoms with E-state index in [2.05, 4.69) is 10.6 Å². The van der Waals surface area contributed by atoms with E-state index < -0.39 is 12.1 Å². The van der Waals surface area contributed by atoms with Crippen LogP contribution in [0.1, 0.15) is 35.9 Å². The van der Waals surface area contributed by atoms with Gasteiger partial charge in [0.15, 0.2) is 0 Å². The molecule has 1 aromatic carbocycles. The van der Waals surface area contributed by atoms with Crippen LogP contribution in [0.3, 0.4) is 0 Å². The lowest BCUT2D eigenvalue weighted by Crippen LogP contribution is -2.47. The van der Waals surface area contributed by atoms with E-state index in [4.69, 9.17) is 4.42 Å². The van der Waals surface area contributed by atoms with Crippen molar-refractivity contribution in [1.29, 1.82) is 0 Å². The smallest absolute Gasteiger partial charge is 0.322 e. The van der Waals surface area contributed by atoms with Crippen LogP contribution in [0.15, 0.2) is 81.2 Å². The van der Waals surface area contributed by atoms with Gasteiger partial charge in [-0.3, -0.25) is 14.5 Å². The minimum absolute atomic E-state index is 0.170. The Labute approximate surface area is 200 Å². The second kappa shape index (κ2) is 9.18. The Balaban J connectivity index is 1.50. The number of benzene rings is 1. The largest absolute Gasteiger partial charge is 0.467 e. The van der Waals surface area contributed by atoms with Crippen molar-refractivity contribution in [1.82, 2.24) is 20.4 Å². The van der Waals surface area contributed by atoms with Crippen molar-refractivity contribution in [2.45, 2.75) is 25.6 Å². The number of rotatable bonds is 7. The SMILES string of the molecule is CCN1C(=O)NC(c2ccsc2)C2=C1CN(C(C(=O)NCc1ccco1)c1ccccc1)C2=O. The van der Waals surface area contributed by atoms with Gasteiger partial charge in [0.1, 0.15) is 11.8 Å². The molecule has 0 bridgehead atoms. The van der Waals surface area contributed by atoms with Gasteiger partial charge in [0.05, 0.1) is 36.7 Å². The molecule has 3 aromatic rings. The highest BCUT2D eigenvalue weighted by atomic mass is 32.1. The van der Waals surface area contributed by atoms with Crippen molar-refractivity contribution in [2.24, 2.45) is 0 Å². The second-order valence-electron chi connectivity index (χ2n) is 8.09. The fraction of sp³-hybridized carbons (Fsp3) is 0.240. The zero-order chi connectivity index (χ0) is 23.7. The zero-order valence-electron chi connectivity index (χ0n) is 18.6. The molecule has 0 saturated heterocycles. The Morgan fingerprint density at radius 3 is 2.71 bits per heavy atom. The molecule has 4 amide bonds. The van der Waals surface area contributed by atoms with Gasteiger partial charge < -0.3 is 20.0 Å². The van der Waals surface area contributed by atoms with Crippen LogP contribution in [0.4, 0.5) is 4.79 Å². The van der Waals surface area contributed by atoms with Gasteiger partial charge >= 0.3 is 6.03 Å². The Bertz CT molecular complexity index is 1220. The number of urea groups is 1. The fourth-order valence-corrected chi connectivity index (χ4v) is 5.22. The Hall–Kier alpha value is -3.85. The topological polar surface area (TPSA) is 94.9 Å². The lowest BCUT2D eigenvalue weighted by molar-refractivity contribution is -0.136. The predicted octanol–water partition coefficient (Wildman–Crippen LogP) is 3.58. The first-order valence-corrected chi connectivity index (χ1v) is 12.0. The summed E-state index contributed by atoms with van der Waals surface area (Å²) in [6.07, 6.45) is 1.55. The average Bonchev–Trinajstić information content (AvgIpc) is 3.61. The maximum absolute atomic E-state index is 13.9. The van der Waals surface area contributed by atoms with Crippen LogP contribution >= 0.6 is 11.3 Å².